The SMILES string of the molecule is C#CC#Cc1ccc(-c2cnc(C3CCCN3C(=O)OC(C)(C)C)[nH]2)cc1-c1ccc2ccccc2c1. The number of hydrogen-bond acceptors (Lipinski definition) is 3. The highest BCUT2D eigenvalue weighted by atomic mass is 16.6. The molecule has 1 aliphatic rings. The van der Waals surface area contributed by atoms with Crippen LogP contribution in [0, 0.1) is 24.2 Å². The molecule has 0 bridgehead atoms. The third-order valence-corrected chi connectivity index (χ3v) is 6.45. The molecule has 4 aromatic rings. The topological polar surface area (TPSA) is 58.2 Å². The van der Waals surface area contributed by atoms with Crippen molar-refractivity contribution < 1.29 is 9.53 Å². The number of terminal acetylenes is 1. The summed E-state index contributed by atoms with van der Waals surface area (Å²) in [6.45, 7) is 6.30. The second-order valence-electron chi connectivity index (χ2n) is 10.2. The first-order chi connectivity index (χ1) is 17.8. The number of aromatic amines is 1. The fourth-order valence-corrected chi connectivity index (χ4v) is 4.76. The molecule has 1 N–H and O–H groups in total. The van der Waals surface area contributed by atoms with Gasteiger partial charge in [0.25, 0.3) is 0 Å². The van der Waals surface area contributed by atoms with Crippen LogP contribution in [0.2, 0.25) is 0 Å². The van der Waals surface area contributed by atoms with Gasteiger partial charge in [-0.3, -0.25) is 4.90 Å². The highest BCUT2D eigenvalue weighted by Crippen LogP contribution is 2.34. The average molecular weight is 488 g/mol. The number of carbonyl (C=O) groups is 1. The minimum Gasteiger partial charge on any atom is -0.444 e. The number of amides is 1. The number of carbonyl (C=O) groups excluding carboxylic acids is 1. The van der Waals surface area contributed by atoms with Gasteiger partial charge in [0, 0.05) is 17.7 Å². The molecule has 3 aromatic carbocycles. The predicted molar refractivity (Wildman–Crippen MR) is 148 cm³/mol. The first-order valence-electron chi connectivity index (χ1n) is 12.5. The summed E-state index contributed by atoms with van der Waals surface area (Å²) in [7, 11) is 0. The molecule has 0 spiro atoms. The molecular formula is C32H29N3O2. The Morgan fingerprint density at radius 3 is 2.65 bits per heavy atom. The minimum atomic E-state index is -0.540. The average Bonchev–Trinajstić information content (AvgIpc) is 3.56. The summed E-state index contributed by atoms with van der Waals surface area (Å²) >= 11 is 0. The highest BCUT2D eigenvalue weighted by Gasteiger charge is 2.34. The van der Waals surface area contributed by atoms with Gasteiger partial charge in [-0.15, -0.1) is 6.42 Å². The van der Waals surface area contributed by atoms with Crippen LogP contribution in [-0.4, -0.2) is 33.1 Å². The Kier molecular flexibility index (Phi) is 6.47. The Morgan fingerprint density at radius 2 is 1.86 bits per heavy atom. The van der Waals surface area contributed by atoms with E-state index < -0.39 is 5.60 Å². The molecule has 1 saturated heterocycles. The molecular weight excluding hydrogens is 458 g/mol. The van der Waals surface area contributed by atoms with E-state index in [-0.39, 0.29) is 12.1 Å². The van der Waals surface area contributed by atoms with Gasteiger partial charge in [0.2, 0.25) is 0 Å². The van der Waals surface area contributed by atoms with E-state index in [4.69, 9.17) is 11.2 Å². The number of nitrogens with zero attached hydrogens (tertiary/aromatic N) is 2. The summed E-state index contributed by atoms with van der Waals surface area (Å²) in [4.78, 5) is 22.7. The van der Waals surface area contributed by atoms with Crippen LogP contribution >= 0.6 is 0 Å². The summed E-state index contributed by atoms with van der Waals surface area (Å²) in [6.07, 6.45) is 8.69. The van der Waals surface area contributed by atoms with Crippen LogP contribution in [0.1, 0.15) is 51.0 Å². The maximum absolute atomic E-state index is 12.8. The van der Waals surface area contributed by atoms with E-state index in [0.717, 1.165) is 52.0 Å². The summed E-state index contributed by atoms with van der Waals surface area (Å²) in [5.41, 5.74) is 4.25. The van der Waals surface area contributed by atoms with Gasteiger partial charge in [-0.25, -0.2) is 9.78 Å². The van der Waals surface area contributed by atoms with E-state index in [2.05, 4.69) is 64.1 Å². The molecule has 1 aromatic heterocycles. The molecule has 0 saturated carbocycles. The third-order valence-electron chi connectivity index (χ3n) is 6.45. The molecule has 1 aliphatic heterocycles. The molecule has 5 nitrogen and oxygen atoms in total. The predicted octanol–water partition coefficient (Wildman–Crippen LogP) is 6.95. The van der Waals surface area contributed by atoms with Gasteiger partial charge in [0.05, 0.1) is 17.9 Å². The van der Waals surface area contributed by atoms with Crippen molar-refractivity contribution in [2.45, 2.75) is 45.3 Å². The Balaban J connectivity index is 1.49. The maximum Gasteiger partial charge on any atom is 0.410 e. The van der Waals surface area contributed by atoms with Crippen LogP contribution in [0.5, 0.6) is 0 Å². The van der Waals surface area contributed by atoms with Crippen LogP contribution in [0.15, 0.2) is 66.9 Å². The molecule has 1 amide bonds. The summed E-state index contributed by atoms with van der Waals surface area (Å²) in [5.74, 6) is 9.04. The van der Waals surface area contributed by atoms with E-state index in [1.54, 1.807) is 4.90 Å². The molecule has 0 aliphatic carbocycles. The zero-order valence-electron chi connectivity index (χ0n) is 21.3. The Hall–Kier alpha value is -4.48. The fraction of sp³-hybridized carbons (Fsp3) is 0.250. The van der Waals surface area contributed by atoms with Crippen molar-refractivity contribution in [3.8, 4) is 46.6 Å². The summed E-state index contributed by atoms with van der Waals surface area (Å²) in [5, 5.41) is 2.34. The van der Waals surface area contributed by atoms with E-state index in [0.29, 0.717) is 6.54 Å². The van der Waals surface area contributed by atoms with Gasteiger partial charge >= 0.3 is 6.09 Å². The number of H-pyrrole nitrogens is 1. The van der Waals surface area contributed by atoms with Gasteiger partial charge in [-0.05, 0) is 85.6 Å². The van der Waals surface area contributed by atoms with E-state index >= 15 is 0 Å². The summed E-state index contributed by atoms with van der Waals surface area (Å²) < 4.78 is 5.62. The fourth-order valence-electron chi connectivity index (χ4n) is 4.76. The molecule has 1 fully saturated rings. The van der Waals surface area contributed by atoms with Crippen molar-refractivity contribution in [3.05, 3.63) is 78.2 Å². The Morgan fingerprint density at radius 1 is 1.08 bits per heavy atom. The second-order valence-corrected chi connectivity index (χ2v) is 10.2. The van der Waals surface area contributed by atoms with E-state index in [1.165, 1.54) is 5.39 Å². The first kappa shape index (κ1) is 24.2. The van der Waals surface area contributed by atoms with Crippen LogP contribution in [0.3, 0.4) is 0 Å². The minimum absolute atomic E-state index is 0.135. The molecule has 5 heteroatoms. The monoisotopic (exact) mass is 487 g/mol. The van der Waals surface area contributed by atoms with Crippen LogP contribution in [0.25, 0.3) is 33.2 Å². The smallest absolute Gasteiger partial charge is 0.410 e. The normalized spacial score (nSPS) is 15.2. The first-order valence-corrected chi connectivity index (χ1v) is 12.5. The maximum atomic E-state index is 12.8. The third kappa shape index (κ3) is 5.22. The van der Waals surface area contributed by atoms with Crippen LogP contribution < -0.4 is 0 Å². The van der Waals surface area contributed by atoms with Crippen molar-refractivity contribution in [2.24, 2.45) is 0 Å². The number of likely N-dealkylation sites (tertiary alicyclic amines) is 1. The number of imidazole rings is 1. The quantitative estimate of drug-likeness (QED) is 0.318. The molecule has 37 heavy (non-hydrogen) atoms. The number of fused-ring (bicyclic) bond motifs is 1. The van der Waals surface area contributed by atoms with Gasteiger partial charge in [0.1, 0.15) is 11.4 Å². The van der Waals surface area contributed by atoms with Crippen molar-refractivity contribution in [1.82, 2.24) is 14.9 Å². The zero-order chi connectivity index (χ0) is 26.0. The van der Waals surface area contributed by atoms with Gasteiger partial charge < -0.3 is 9.72 Å². The molecule has 5 rings (SSSR count). The van der Waals surface area contributed by atoms with E-state index in [9.17, 15) is 4.79 Å². The van der Waals surface area contributed by atoms with Crippen molar-refractivity contribution in [1.29, 1.82) is 0 Å². The molecule has 184 valence electrons. The lowest BCUT2D eigenvalue weighted by Crippen LogP contribution is -2.36. The number of nitrogens with one attached hydrogen (secondary N) is 1. The van der Waals surface area contributed by atoms with Gasteiger partial charge in [-0.2, -0.15) is 0 Å². The molecule has 2 heterocycles. The number of hydrogen-bond donors (Lipinski definition) is 1. The lowest BCUT2D eigenvalue weighted by Gasteiger charge is -2.27. The molecule has 0 radical (unpaired) electrons. The Bertz CT molecular complexity index is 1570. The number of rotatable bonds is 3. The van der Waals surface area contributed by atoms with Crippen LogP contribution in [-0.2, 0) is 4.74 Å². The lowest BCUT2D eigenvalue weighted by atomic mass is 9.95. The van der Waals surface area contributed by atoms with Crippen molar-refractivity contribution in [2.75, 3.05) is 6.54 Å². The second kappa shape index (κ2) is 9.88. The van der Waals surface area contributed by atoms with Crippen LogP contribution in [0.4, 0.5) is 4.79 Å². The van der Waals surface area contributed by atoms with Crippen molar-refractivity contribution >= 4 is 16.9 Å². The molecule has 1 unspecified atom stereocenters. The largest absolute Gasteiger partial charge is 0.444 e. The zero-order valence-corrected chi connectivity index (χ0v) is 21.3. The lowest BCUT2D eigenvalue weighted by molar-refractivity contribution is 0.0218. The summed E-state index contributed by atoms with van der Waals surface area (Å²) in [6, 6.07) is 20.7. The Labute approximate surface area is 217 Å². The van der Waals surface area contributed by atoms with Gasteiger partial charge in [0.15, 0.2) is 0 Å². The highest BCUT2D eigenvalue weighted by molar-refractivity contribution is 5.89. The number of ether oxygens (including phenoxy) is 1. The standard InChI is InChI=1S/C32H29N3O2/c1-5-6-10-23-15-17-26(20-27(23)25-16-14-22-11-7-8-12-24(22)19-25)28-21-33-30(34-28)29-13-9-18-35(29)31(36)37-32(2,3)4/h1,7-8,11-12,14-17,19-21,29H,9,13,18H2,2-4H3,(H,33,34). The molecule has 1 atom stereocenters. The number of benzene rings is 3. The van der Waals surface area contributed by atoms with Crippen molar-refractivity contribution in [3.63, 3.8) is 0 Å². The number of aromatic nitrogens is 2. The van der Waals surface area contributed by atoms with E-state index in [1.807, 2.05) is 51.2 Å². The van der Waals surface area contributed by atoms with Gasteiger partial charge in [-0.1, -0.05) is 48.4 Å².